The second-order valence-corrected chi connectivity index (χ2v) is 3.65. The molecule has 0 spiro atoms. The van der Waals surface area contributed by atoms with Crippen LogP contribution < -0.4 is 11.2 Å². The maximum Gasteiger partial charge on any atom is 0.263 e. The van der Waals surface area contributed by atoms with Crippen LogP contribution in [0.2, 0.25) is 0 Å². The van der Waals surface area contributed by atoms with Crippen LogP contribution in [0.5, 0.6) is 0 Å². The molecule has 0 bridgehead atoms. The Labute approximate surface area is 88.7 Å². The number of amides is 1. The fraction of sp³-hybridized carbons (Fsp3) is 0.889. The molecule has 0 aromatic heterocycles. The lowest BCUT2D eigenvalue weighted by molar-refractivity contribution is -0.201. The number of nitrogens with two attached hydrogens (primary N) is 1. The van der Waals surface area contributed by atoms with E-state index in [1.165, 1.54) is 6.92 Å². The van der Waals surface area contributed by atoms with Crippen LogP contribution in [-0.4, -0.2) is 36.1 Å². The molecule has 0 aromatic carbocycles. The third kappa shape index (κ3) is 4.13. The number of aliphatic hydroxyl groups is 1. The van der Waals surface area contributed by atoms with Crippen LogP contribution in [0.3, 0.4) is 0 Å². The number of carbonyl (C=O) groups excluding carboxylic acids is 1. The maximum absolute atomic E-state index is 11.3. The van der Waals surface area contributed by atoms with E-state index in [1.807, 2.05) is 0 Å². The molecule has 6 heteroatoms. The number of carbonyl (C=O) groups is 1. The first kappa shape index (κ1) is 12.4. The largest absolute Gasteiger partial charge is 0.391 e. The molecule has 0 aliphatic carbocycles. The first-order valence-corrected chi connectivity index (χ1v) is 5.12. The minimum absolute atomic E-state index is 0.399. The lowest BCUT2D eigenvalue weighted by Crippen LogP contribution is -2.48. The molecule has 1 saturated heterocycles. The maximum atomic E-state index is 11.3. The Morgan fingerprint density at radius 2 is 2.40 bits per heavy atom. The highest BCUT2D eigenvalue weighted by Crippen LogP contribution is 2.12. The van der Waals surface area contributed by atoms with Crippen molar-refractivity contribution in [2.45, 2.75) is 44.6 Å². The topological polar surface area (TPSA) is 93.8 Å². The summed E-state index contributed by atoms with van der Waals surface area (Å²) in [5.41, 5.74) is 7.58. The number of aliphatic hydroxyl groups excluding tert-OH is 1. The van der Waals surface area contributed by atoms with Gasteiger partial charge >= 0.3 is 0 Å². The lowest BCUT2D eigenvalue weighted by atomic mass is 10.2. The Morgan fingerprint density at radius 3 is 2.93 bits per heavy atom. The van der Waals surface area contributed by atoms with Crippen molar-refractivity contribution in [3.63, 3.8) is 0 Å². The predicted octanol–water partition coefficient (Wildman–Crippen LogP) is -0.731. The number of hydroxylamine groups is 1. The summed E-state index contributed by atoms with van der Waals surface area (Å²) >= 11 is 0. The average Bonchev–Trinajstić information content (AvgIpc) is 2.26. The molecule has 1 rings (SSSR count). The van der Waals surface area contributed by atoms with E-state index in [0.29, 0.717) is 6.61 Å². The Bertz CT molecular complexity index is 204. The van der Waals surface area contributed by atoms with Gasteiger partial charge in [-0.15, -0.1) is 0 Å². The zero-order valence-corrected chi connectivity index (χ0v) is 8.81. The van der Waals surface area contributed by atoms with Gasteiger partial charge in [0.1, 0.15) is 6.04 Å². The van der Waals surface area contributed by atoms with Crippen LogP contribution in [0.1, 0.15) is 26.2 Å². The van der Waals surface area contributed by atoms with Crippen LogP contribution in [0, 0.1) is 0 Å². The lowest BCUT2D eigenvalue weighted by Gasteiger charge is -2.23. The number of hydrogen-bond donors (Lipinski definition) is 3. The molecule has 0 radical (unpaired) electrons. The number of nitrogens with one attached hydrogen (secondary N) is 1. The van der Waals surface area contributed by atoms with Gasteiger partial charge in [0.15, 0.2) is 6.29 Å². The van der Waals surface area contributed by atoms with Gasteiger partial charge in [-0.2, -0.15) is 0 Å². The second-order valence-electron chi connectivity index (χ2n) is 3.65. The monoisotopic (exact) mass is 218 g/mol. The van der Waals surface area contributed by atoms with Gasteiger partial charge in [0.05, 0.1) is 6.10 Å². The zero-order chi connectivity index (χ0) is 11.3. The molecule has 1 heterocycles. The van der Waals surface area contributed by atoms with Crippen LogP contribution in [-0.2, 0) is 14.4 Å². The van der Waals surface area contributed by atoms with Crippen LogP contribution in [0.4, 0.5) is 0 Å². The third-order valence-electron chi connectivity index (χ3n) is 2.25. The van der Waals surface area contributed by atoms with Gasteiger partial charge in [-0.1, -0.05) is 0 Å². The minimum atomic E-state index is -0.978. The minimum Gasteiger partial charge on any atom is -0.391 e. The van der Waals surface area contributed by atoms with Crippen LogP contribution in [0.25, 0.3) is 0 Å². The van der Waals surface area contributed by atoms with Crippen molar-refractivity contribution in [1.82, 2.24) is 5.48 Å². The summed E-state index contributed by atoms with van der Waals surface area (Å²) in [6.07, 6.45) is 1.48. The molecule has 3 atom stereocenters. The van der Waals surface area contributed by atoms with E-state index < -0.39 is 24.3 Å². The van der Waals surface area contributed by atoms with Crippen molar-refractivity contribution in [2.75, 3.05) is 6.61 Å². The van der Waals surface area contributed by atoms with Crippen molar-refractivity contribution in [2.24, 2.45) is 5.73 Å². The van der Waals surface area contributed by atoms with Gasteiger partial charge in [0.25, 0.3) is 5.91 Å². The van der Waals surface area contributed by atoms with Crippen molar-refractivity contribution in [3.05, 3.63) is 0 Å². The van der Waals surface area contributed by atoms with Crippen molar-refractivity contribution < 1.29 is 19.5 Å². The molecular weight excluding hydrogens is 200 g/mol. The predicted molar refractivity (Wildman–Crippen MR) is 52.5 cm³/mol. The van der Waals surface area contributed by atoms with E-state index in [2.05, 4.69) is 5.48 Å². The fourth-order valence-electron chi connectivity index (χ4n) is 1.22. The Hall–Kier alpha value is -0.690. The van der Waals surface area contributed by atoms with Crippen molar-refractivity contribution in [1.29, 1.82) is 0 Å². The third-order valence-corrected chi connectivity index (χ3v) is 2.25. The van der Waals surface area contributed by atoms with Gasteiger partial charge in [0.2, 0.25) is 0 Å². The molecule has 0 saturated carbocycles. The van der Waals surface area contributed by atoms with Crippen LogP contribution in [0.15, 0.2) is 0 Å². The van der Waals surface area contributed by atoms with E-state index in [9.17, 15) is 4.79 Å². The van der Waals surface area contributed by atoms with E-state index in [0.717, 1.165) is 19.3 Å². The Morgan fingerprint density at radius 1 is 1.67 bits per heavy atom. The first-order valence-electron chi connectivity index (χ1n) is 5.12. The van der Waals surface area contributed by atoms with Crippen molar-refractivity contribution >= 4 is 5.91 Å². The highest BCUT2D eigenvalue weighted by atomic mass is 16.8. The van der Waals surface area contributed by atoms with Gasteiger partial charge < -0.3 is 15.6 Å². The highest BCUT2D eigenvalue weighted by molar-refractivity contribution is 5.81. The van der Waals surface area contributed by atoms with E-state index in [1.54, 1.807) is 0 Å². The van der Waals surface area contributed by atoms with Crippen LogP contribution >= 0.6 is 0 Å². The van der Waals surface area contributed by atoms with Crippen molar-refractivity contribution in [3.8, 4) is 0 Å². The summed E-state index contributed by atoms with van der Waals surface area (Å²) in [4.78, 5) is 16.3. The Balaban J connectivity index is 2.20. The number of rotatable bonds is 4. The van der Waals surface area contributed by atoms with E-state index in [-0.39, 0.29) is 0 Å². The summed E-state index contributed by atoms with van der Waals surface area (Å²) < 4.78 is 5.23. The van der Waals surface area contributed by atoms with E-state index in [4.69, 9.17) is 20.4 Å². The van der Waals surface area contributed by atoms with Gasteiger partial charge in [-0.3, -0.25) is 4.79 Å². The molecule has 1 aliphatic heterocycles. The summed E-state index contributed by atoms with van der Waals surface area (Å²) in [7, 11) is 0. The summed E-state index contributed by atoms with van der Waals surface area (Å²) in [5.74, 6) is -0.542. The molecule has 88 valence electrons. The molecule has 1 aliphatic rings. The number of ether oxygens (including phenoxy) is 1. The SMILES string of the molecule is C[C@@H](O)[C@H](N)C(=O)NOC1CCCCO1. The van der Waals surface area contributed by atoms with Gasteiger partial charge in [-0.25, -0.2) is 10.3 Å². The molecule has 15 heavy (non-hydrogen) atoms. The molecular formula is C9H18N2O4. The first-order chi connectivity index (χ1) is 7.11. The molecule has 0 aromatic rings. The molecule has 1 amide bonds. The number of hydrogen-bond acceptors (Lipinski definition) is 5. The standard InChI is InChI=1S/C9H18N2O4/c1-6(12)8(10)9(13)11-15-7-4-2-3-5-14-7/h6-8,12H,2-5,10H2,1H3,(H,11,13)/t6-,7?,8+/m1/s1. The zero-order valence-electron chi connectivity index (χ0n) is 8.81. The molecule has 1 unspecified atom stereocenters. The van der Waals surface area contributed by atoms with Gasteiger partial charge in [0, 0.05) is 13.0 Å². The normalized spacial score (nSPS) is 25.7. The molecule has 4 N–H and O–H groups in total. The smallest absolute Gasteiger partial charge is 0.263 e. The Kier molecular flexibility index (Phi) is 4.97. The summed E-state index contributed by atoms with van der Waals surface area (Å²) in [6.45, 7) is 2.09. The summed E-state index contributed by atoms with van der Waals surface area (Å²) in [6, 6.07) is -0.978. The highest BCUT2D eigenvalue weighted by Gasteiger charge is 2.21. The second kappa shape index (κ2) is 6.02. The quantitative estimate of drug-likeness (QED) is 0.541. The average molecular weight is 218 g/mol. The molecule has 6 nitrogen and oxygen atoms in total. The molecule has 1 fully saturated rings. The van der Waals surface area contributed by atoms with Gasteiger partial charge in [-0.05, 0) is 19.8 Å². The van der Waals surface area contributed by atoms with E-state index >= 15 is 0 Å². The fourth-order valence-corrected chi connectivity index (χ4v) is 1.22. The summed E-state index contributed by atoms with van der Waals surface area (Å²) in [5, 5.41) is 9.06.